The molecule has 0 aromatic heterocycles. The van der Waals surface area contributed by atoms with Gasteiger partial charge in [0.1, 0.15) is 6.61 Å². The zero-order valence-corrected chi connectivity index (χ0v) is 12.3. The third kappa shape index (κ3) is 12.2. The molecular weight excluding hydrogens is 319 g/mol. The first-order chi connectivity index (χ1) is 7.81. The van der Waals surface area contributed by atoms with Gasteiger partial charge in [0, 0.05) is 13.0 Å². The highest BCUT2D eigenvalue weighted by atomic mass is 127. The molecule has 0 heterocycles. The number of ether oxygens (including phenoxy) is 2. The summed E-state index contributed by atoms with van der Waals surface area (Å²) >= 11 is 2.40. The van der Waals surface area contributed by atoms with Crippen molar-refractivity contribution < 1.29 is 14.3 Å². The average molecular weight is 342 g/mol. The highest BCUT2D eigenvalue weighted by Gasteiger charge is 1.99. The van der Waals surface area contributed by atoms with Crippen LogP contribution >= 0.6 is 22.6 Å². The molecule has 0 radical (unpaired) electrons. The summed E-state index contributed by atoms with van der Waals surface area (Å²) in [5.74, 6) is -0.117. The van der Waals surface area contributed by atoms with Gasteiger partial charge in [-0.05, 0) is 23.7 Å². The molecule has 0 aromatic carbocycles. The van der Waals surface area contributed by atoms with Crippen LogP contribution in [0.3, 0.4) is 0 Å². The van der Waals surface area contributed by atoms with E-state index in [4.69, 9.17) is 9.47 Å². The van der Waals surface area contributed by atoms with Crippen LogP contribution in [0.2, 0.25) is 0 Å². The van der Waals surface area contributed by atoms with Gasteiger partial charge in [0.25, 0.3) is 0 Å². The van der Waals surface area contributed by atoms with Gasteiger partial charge in [-0.3, -0.25) is 4.79 Å². The number of carbonyl (C=O) groups is 1. The Balaban J connectivity index is 3.01. The number of hydrogen-bond acceptors (Lipinski definition) is 3. The van der Waals surface area contributed by atoms with Gasteiger partial charge >= 0.3 is 5.97 Å². The summed E-state index contributed by atoms with van der Waals surface area (Å²) in [5.41, 5.74) is 0. The van der Waals surface area contributed by atoms with Gasteiger partial charge in [-0.2, -0.15) is 0 Å². The standard InChI is InChI=1S/C12H23IO3/c1-2-7-12(14)16-11-10-15-9-6-4-3-5-8-13/h2-11H2,1H3. The lowest BCUT2D eigenvalue weighted by molar-refractivity contribution is -0.145. The van der Waals surface area contributed by atoms with Gasteiger partial charge in [-0.25, -0.2) is 0 Å². The van der Waals surface area contributed by atoms with E-state index < -0.39 is 0 Å². The minimum atomic E-state index is -0.117. The maximum Gasteiger partial charge on any atom is 0.305 e. The Labute approximate surface area is 112 Å². The molecule has 0 fully saturated rings. The minimum Gasteiger partial charge on any atom is -0.463 e. The summed E-state index contributed by atoms with van der Waals surface area (Å²) < 4.78 is 11.6. The van der Waals surface area contributed by atoms with Gasteiger partial charge in [-0.15, -0.1) is 0 Å². The van der Waals surface area contributed by atoms with Crippen LogP contribution in [-0.4, -0.2) is 30.2 Å². The molecule has 4 heteroatoms. The summed E-state index contributed by atoms with van der Waals surface area (Å²) in [7, 11) is 0. The zero-order valence-electron chi connectivity index (χ0n) is 10.2. The summed E-state index contributed by atoms with van der Waals surface area (Å²) in [6.45, 7) is 3.68. The number of rotatable bonds is 11. The van der Waals surface area contributed by atoms with Crippen molar-refractivity contribution >= 4 is 28.6 Å². The molecule has 16 heavy (non-hydrogen) atoms. The molecule has 0 saturated heterocycles. The highest BCUT2D eigenvalue weighted by Crippen LogP contribution is 2.02. The molecule has 0 unspecified atom stereocenters. The van der Waals surface area contributed by atoms with Gasteiger partial charge in [0.2, 0.25) is 0 Å². The third-order valence-corrected chi connectivity index (χ3v) is 2.88. The molecule has 0 bridgehead atoms. The smallest absolute Gasteiger partial charge is 0.305 e. The maximum atomic E-state index is 11.0. The topological polar surface area (TPSA) is 35.5 Å². The number of hydrogen-bond donors (Lipinski definition) is 0. The first kappa shape index (κ1) is 16.2. The largest absolute Gasteiger partial charge is 0.463 e. The fourth-order valence-corrected chi connectivity index (χ4v) is 1.78. The van der Waals surface area contributed by atoms with Crippen LogP contribution < -0.4 is 0 Å². The van der Waals surface area contributed by atoms with E-state index in [9.17, 15) is 4.79 Å². The van der Waals surface area contributed by atoms with Crippen LogP contribution in [0.1, 0.15) is 45.4 Å². The molecule has 96 valence electrons. The van der Waals surface area contributed by atoms with Crippen molar-refractivity contribution in [3.05, 3.63) is 0 Å². The Hall–Kier alpha value is 0.160. The zero-order chi connectivity index (χ0) is 12.1. The second kappa shape index (κ2) is 13.2. The van der Waals surface area contributed by atoms with E-state index in [2.05, 4.69) is 22.6 Å². The van der Waals surface area contributed by atoms with Crippen LogP contribution in [0.4, 0.5) is 0 Å². The fourth-order valence-electron chi connectivity index (χ4n) is 1.24. The number of alkyl halides is 1. The number of halogens is 1. The van der Waals surface area contributed by atoms with Gasteiger partial charge in [0.05, 0.1) is 6.61 Å². The molecule has 0 aromatic rings. The van der Waals surface area contributed by atoms with E-state index in [1.807, 2.05) is 6.92 Å². The van der Waals surface area contributed by atoms with E-state index in [-0.39, 0.29) is 5.97 Å². The highest BCUT2D eigenvalue weighted by molar-refractivity contribution is 14.1. The maximum absolute atomic E-state index is 11.0. The molecule has 0 aliphatic rings. The van der Waals surface area contributed by atoms with Crippen LogP contribution in [0.5, 0.6) is 0 Å². The lowest BCUT2D eigenvalue weighted by Crippen LogP contribution is -2.10. The minimum absolute atomic E-state index is 0.117. The van der Waals surface area contributed by atoms with Gasteiger partial charge < -0.3 is 9.47 Å². The third-order valence-electron chi connectivity index (χ3n) is 2.12. The first-order valence-electron chi connectivity index (χ1n) is 6.10. The Morgan fingerprint density at radius 1 is 1.06 bits per heavy atom. The van der Waals surface area contributed by atoms with Crippen LogP contribution in [0.25, 0.3) is 0 Å². The summed E-state index contributed by atoms with van der Waals surface area (Å²) in [6.07, 6.45) is 6.29. The number of esters is 1. The molecule has 0 spiro atoms. The van der Waals surface area contributed by atoms with E-state index in [1.54, 1.807) is 0 Å². The van der Waals surface area contributed by atoms with Crippen LogP contribution in [0.15, 0.2) is 0 Å². The van der Waals surface area contributed by atoms with Crippen molar-refractivity contribution in [2.75, 3.05) is 24.2 Å². The monoisotopic (exact) mass is 342 g/mol. The Morgan fingerprint density at radius 3 is 2.50 bits per heavy atom. The second-order valence-electron chi connectivity index (χ2n) is 3.69. The summed E-state index contributed by atoms with van der Waals surface area (Å²) in [6, 6.07) is 0. The molecule has 0 N–H and O–H groups in total. The van der Waals surface area contributed by atoms with Crippen molar-refractivity contribution in [2.45, 2.75) is 45.4 Å². The van der Waals surface area contributed by atoms with Crippen molar-refractivity contribution in [3.8, 4) is 0 Å². The molecule has 0 amide bonds. The van der Waals surface area contributed by atoms with Crippen molar-refractivity contribution in [1.29, 1.82) is 0 Å². The number of unbranched alkanes of at least 4 members (excludes halogenated alkanes) is 3. The molecule has 0 aliphatic carbocycles. The lowest BCUT2D eigenvalue weighted by Gasteiger charge is -2.05. The molecular formula is C12H23IO3. The predicted molar refractivity (Wildman–Crippen MR) is 74.0 cm³/mol. The predicted octanol–water partition coefficient (Wildman–Crippen LogP) is 3.34. The normalized spacial score (nSPS) is 10.4. The van der Waals surface area contributed by atoms with E-state index in [0.29, 0.717) is 19.6 Å². The summed E-state index contributed by atoms with van der Waals surface area (Å²) in [5, 5.41) is 0. The van der Waals surface area contributed by atoms with Crippen LogP contribution in [-0.2, 0) is 14.3 Å². The molecule has 3 nitrogen and oxygen atoms in total. The Morgan fingerprint density at radius 2 is 1.81 bits per heavy atom. The number of carbonyl (C=O) groups excluding carboxylic acids is 1. The van der Waals surface area contributed by atoms with E-state index in [0.717, 1.165) is 19.4 Å². The van der Waals surface area contributed by atoms with E-state index in [1.165, 1.54) is 23.7 Å². The SMILES string of the molecule is CCCC(=O)OCCOCCCCCCI. The lowest BCUT2D eigenvalue weighted by atomic mass is 10.2. The molecule has 0 saturated carbocycles. The van der Waals surface area contributed by atoms with Crippen LogP contribution in [0, 0.1) is 0 Å². The van der Waals surface area contributed by atoms with Gasteiger partial charge in [-0.1, -0.05) is 42.4 Å². The quantitative estimate of drug-likeness (QED) is 0.250. The first-order valence-corrected chi connectivity index (χ1v) is 7.63. The average Bonchev–Trinajstić information content (AvgIpc) is 2.27. The van der Waals surface area contributed by atoms with Gasteiger partial charge in [0.15, 0.2) is 0 Å². The molecule has 0 rings (SSSR count). The molecule has 0 aliphatic heterocycles. The fraction of sp³-hybridized carbons (Fsp3) is 0.917. The van der Waals surface area contributed by atoms with Crippen molar-refractivity contribution in [3.63, 3.8) is 0 Å². The molecule has 0 atom stereocenters. The Kier molecular flexibility index (Phi) is 13.4. The van der Waals surface area contributed by atoms with Crippen molar-refractivity contribution in [2.24, 2.45) is 0 Å². The van der Waals surface area contributed by atoms with E-state index >= 15 is 0 Å². The second-order valence-corrected chi connectivity index (χ2v) is 4.76. The van der Waals surface area contributed by atoms with Crippen molar-refractivity contribution in [1.82, 2.24) is 0 Å². The summed E-state index contributed by atoms with van der Waals surface area (Å²) in [4.78, 5) is 11.0. The Bertz CT molecular complexity index is 162.